The van der Waals surface area contributed by atoms with Crippen LogP contribution in [0.25, 0.3) is 22.3 Å². The quantitative estimate of drug-likeness (QED) is 0.432. The molecule has 0 radical (unpaired) electrons. The molecule has 2 aromatic heterocycles. The van der Waals surface area contributed by atoms with Crippen molar-refractivity contribution in [2.24, 2.45) is 5.10 Å². The lowest BCUT2D eigenvalue weighted by Gasteiger charge is -2.01. The number of H-pyrrole nitrogens is 2. The van der Waals surface area contributed by atoms with E-state index in [1.165, 1.54) is 0 Å². The van der Waals surface area contributed by atoms with Gasteiger partial charge in [0.25, 0.3) is 0 Å². The summed E-state index contributed by atoms with van der Waals surface area (Å²) >= 11 is 5.33. The van der Waals surface area contributed by atoms with Crippen LogP contribution >= 0.6 is 12.2 Å². The van der Waals surface area contributed by atoms with E-state index in [4.69, 9.17) is 17.0 Å². The van der Waals surface area contributed by atoms with Crippen molar-refractivity contribution in [1.82, 2.24) is 19.9 Å². The summed E-state index contributed by atoms with van der Waals surface area (Å²) in [5.41, 5.74) is 2.92. The van der Waals surface area contributed by atoms with Crippen molar-refractivity contribution in [2.45, 2.75) is 0 Å². The summed E-state index contributed by atoms with van der Waals surface area (Å²) in [6, 6.07) is 15.7. The SMILES string of the molecule is COc1ccc(/C=N/n2c(-c3c[nH]c4ccccc34)n[nH]c2=S)cc1. The molecule has 2 N–H and O–H groups in total. The Hall–Kier alpha value is -3.19. The van der Waals surface area contributed by atoms with Crippen LogP contribution in [-0.2, 0) is 0 Å². The lowest BCUT2D eigenvalue weighted by atomic mass is 10.2. The molecule has 0 aliphatic rings. The van der Waals surface area contributed by atoms with Crippen molar-refractivity contribution in [3.8, 4) is 17.1 Å². The van der Waals surface area contributed by atoms with Gasteiger partial charge >= 0.3 is 0 Å². The van der Waals surface area contributed by atoms with Gasteiger partial charge in [0.1, 0.15) is 5.75 Å². The van der Waals surface area contributed by atoms with Gasteiger partial charge in [0, 0.05) is 22.7 Å². The number of benzene rings is 2. The molecule has 124 valence electrons. The second-order valence-electron chi connectivity index (χ2n) is 5.43. The van der Waals surface area contributed by atoms with Gasteiger partial charge in [-0.3, -0.25) is 0 Å². The van der Waals surface area contributed by atoms with Crippen LogP contribution in [-0.4, -0.2) is 33.2 Å². The summed E-state index contributed by atoms with van der Waals surface area (Å²) in [6.45, 7) is 0. The average molecular weight is 349 g/mol. The first-order chi connectivity index (χ1) is 12.3. The second kappa shape index (κ2) is 6.37. The third-order valence-electron chi connectivity index (χ3n) is 3.92. The van der Waals surface area contributed by atoms with Crippen LogP contribution in [0.5, 0.6) is 5.75 Å². The lowest BCUT2D eigenvalue weighted by molar-refractivity contribution is 0.415. The van der Waals surface area contributed by atoms with E-state index in [2.05, 4.69) is 20.3 Å². The monoisotopic (exact) mass is 349 g/mol. The number of nitrogens with one attached hydrogen (secondary N) is 2. The Morgan fingerprint density at radius 2 is 1.96 bits per heavy atom. The molecule has 0 saturated heterocycles. The molecule has 0 fully saturated rings. The summed E-state index contributed by atoms with van der Waals surface area (Å²) in [6.07, 6.45) is 3.65. The van der Waals surface area contributed by atoms with Crippen molar-refractivity contribution < 1.29 is 4.74 Å². The minimum atomic E-state index is 0.435. The van der Waals surface area contributed by atoms with Gasteiger partial charge in [-0.15, -0.1) is 0 Å². The highest BCUT2D eigenvalue weighted by Gasteiger charge is 2.12. The van der Waals surface area contributed by atoms with E-state index in [1.54, 1.807) is 18.0 Å². The smallest absolute Gasteiger partial charge is 0.216 e. The topological polar surface area (TPSA) is 71.0 Å². The normalized spacial score (nSPS) is 11.4. The minimum absolute atomic E-state index is 0.435. The fraction of sp³-hybridized carbons (Fsp3) is 0.0556. The Bertz CT molecular complexity index is 1100. The number of ether oxygens (including phenoxy) is 1. The first kappa shape index (κ1) is 15.3. The van der Waals surface area contributed by atoms with E-state index in [0.29, 0.717) is 10.6 Å². The standard InChI is InChI=1S/C18H15N5OS/c1-24-13-8-6-12(7-9-13)10-20-23-17(21-22-18(23)25)15-11-19-16-5-3-2-4-14(15)16/h2-11,19H,1H3,(H,22,25)/b20-10+. The highest BCUT2D eigenvalue weighted by atomic mass is 32.1. The fourth-order valence-corrected chi connectivity index (χ4v) is 2.82. The van der Waals surface area contributed by atoms with Crippen molar-refractivity contribution in [1.29, 1.82) is 0 Å². The molecule has 25 heavy (non-hydrogen) atoms. The third kappa shape index (κ3) is 2.85. The molecule has 4 rings (SSSR count). The van der Waals surface area contributed by atoms with E-state index < -0.39 is 0 Å². The van der Waals surface area contributed by atoms with Crippen LogP contribution < -0.4 is 4.74 Å². The highest BCUT2D eigenvalue weighted by Crippen LogP contribution is 2.27. The van der Waals surface area contributed by atoms with E-state index in [0.717, 1.165) is 27.8 Å². The van der Waals surface area contributed by atoms with Gasteiger partial charge in [0.15, 0.2) is 5.82 Å². The molecule has 0 aliphatic heterocycles. The summed E-state index contributed by atoms with van der Waals surface area (Å²) in [5, 5.41) is 12.7. The van der Waals surface area contributed by atoms with E-state index in [9.17, 15) is 0 Å². The molecule has 0 aliphatic carbocycles. The van der Waals surface area contributed by atoms with Crippen LogP contribution in [0.3, 0.4) is 0 Å². The van der Waals surface area contributed by atoms with Gasteiger partial charge in [-0.25, -0.2) is 5.10 Å². The van der Waals surface area contributed by atoms with Crippen LogP contribution in [0.1, 0.15) is 5.56 Å². The molecule has 2 aromatic carbocycles. The molecular weight excluding hydrogens is 334 g/mol. The molecule has 2 heterocycles. The molecule has 7 heteroatoms. The highest BCUT2D eigenvalue weighted by molar-refractivity contribution is 7.71. The number of aromatic nitrogens is 4. The van der Waals surface area contributed by atoms with Crippen LogP contribution in [0.2, 0.25) is 0 Å². The number of methoxy groups -OCH3 is 1. The van der Waals surface area contributed by atoms with Gasteiger partial charge in [0.2, 0.25) is 4.77 Å². The lowest BCUT2D eigenvalue weighted by Crippen LogP contribution is -1.94. The maximum atomic E-state index is 5.33. The van der Waals surface area contributed by atoms with Crippen molar-refractivity contribution in [3.63, 3.8) is 0 Å². The summed E-state index contributed by atoms with van der Waals surface area (Å²) < 4.78 is 7.22. The van der Waals surface area contributed by atoms with Gasteiger partial charge in [-0.1, -0.05) is 18.2 Å². The molecule has 4 aromatic rings. The Balaban J connectivity index is 1.75. The van der Waals surface area contributed by atoms with Crippen molar-refractivity contribution in [3.05, 3.63) is 65.1 Å². The van der Waals surface area contributed by atoms with Gasteiger partial charge < -0.3 is 9.72 Å². The van der Waals surface area contributed by atoms with E-state index >= 15 is 0 Å². The Morgan fingerprint density at radius 1 is 1.16 bits per heavy atom. The average Bonchev–Trinajstić information content (AvgIpc) is 3.23. The predicted octanol–water partition coefficient (Wildman–Crippen LogP) is 3.98. The molecule has 0 bridgehead atoms. The fourth-order valence-electron chi connectivity index (χ4n) is 2.64. The predicted molar refractivity (Wildman–Crippen MR) is 101 cm³/mol. The van der Waals surface area contributed by atoms with Crippen molar-refractivity contribution >= 4 is 29.3 Å². The zero-order valence-electron chi connectivity index (χ0n) is 13.4. The first-order valence-corrected chi connectivity index (χ1v) is 8.09. The van der Waals surface area contributed by atoms with Crippen molar-refractivity contribution in [2.75, 3.05) is 7.11 Å². The first-order valence-electron chi connectivity index (χ1n) is 7.68. The zero-order chi connectivity index (χ0) is 17.2. The van der Waals surface area contributed by atoms with Crippen LogP contribution in [0.4, 0.5) is 0 Å². The molecular formula is C18H15N5OS. The van der Waals surface area contributed by atoms with Crippen LogP contribution in [0.15, 0.2) is 59.8 Å². The Morgan fingerprint density at radius 3 is 2.76 bits per heavy atom. The number of hydrogen-bond acceptors (Lipinski definition) is 4. The number of hydrogen-bond donors (Lipinski definition) is 2. The summed E-state index contributed by atoms with van der Waals surface area (Å²) in [7, 11) is 1.64. The number of nitrogens with zero attached hydrogens (tertiary/aromatic N) is 3. The van der Waals surface area contributed by atoms with Gasteiger partial charge in [-0.2, -0.15) is 14.9 Å². The maximum Gasteiger partial charge on any atom is 0.216 e. The Kier molecular flexibility index (Phi) is 3.91. The number of aromatic amines is 2. The molecule has 0 atom stereocenters. The molecule has 6 nitrogen and oxygen atoms in total. The number of fused-ring (bicyclic) bond motifs is 1. The summed E-state index contributed by atoms with van der Waals surface area (Å²) in [4.78, 5) is 3.24. The Labute approximate surface area is 148 Å². The second-order valence-corrected chi connectivity index (χ2v) is 5.82. The summed E-state index contributed by atoms with van der Waals surface area (Å²) in [5.74, 6) is 1.46. The molecule has 0 unspecified atom stereocenters. The third-order valence-corrected chi connectivity index (χ3v) is 4.18. The molecule has 0 saturated carbocycles. The van der Waals surface area contributed by atoms with E-state index in [1.807, 2.05) is 54.7 Å². The van der Waals surface area contributed by atoms with E-state index in [-0.39, 0.29) is 0 Å². The minimum Gasteiger partial charge on any atom is -0.497 e. The van der Waals surface area contributed by atoms with Gasteiger partial charge in [-0.05, 0) is 48.1 Å². The number of rotatable bonds is 4. The van der Waals surface area contributed by atoms with Gasteiger partial charge in [0.05, 0.1) is 13.3 Å². The number of para-hydroxylation sites is 1. The largest absolute Gasteiger partial charge is 0.497 e. The molecule has 0 amide bonds. The maximum absolute atomic E-state index is 5.33. The zero-order valence-corrected chi connectivity index (χ0v) is 14.2. The molecule has 0 spiro atoms. The van der Waals surface area contributed by atoms with Crippen LogP contribution in [0, 0.1) is 4.77 Å².